The van der Waals surface area contributed by atoms with Gasteiger partial charge in [-0.25, -0.2) is 0 Å². The molecule has 2 aromatic rings. The molecule has 0 unspecified atom stereocenters. The molecule has 0 saturated heterocycles. The van der Waals surface area contributed by atoms with Gasteiger partial charge in [-0.1, -0.05) is 39.7 Å². The van der Waals surface area contributed by atoms with Crippen LogP contribution in [0.25, 0.3) is 10.8 Å². The first kappa shape index (κ1) is 25.0. The van der Waals surface area contributed by atoms with Gasteiger partial charge in [-0.2, -0.15) is 0 Å². The molecule has 0 saturated carbocycles. The quantitative estimate of drug-likeness (QED) is 0.230. The number of ether oxygens (including phenoxy) is 5. The number of fused-ring (bicyclic) bond motifs is 1. The van der Waals surface area contributed by atoms with Gasteiger partial charge in [0.2, 0.25) is 5.75 Å². The number of hydrogen-bond acceptors (Lipinski definition) is 6. The third-order valence-electron chi connectivity index (χ3n) is 5.21. The fourth-order valence-electron chi connectivity index (χ4n) is 3.28. The van der Waals surface area contributed by atoms with Gasteiger partial charge in [0, 0.05) is 38.9 Å². The average Bonchev–Trinajstić information content (AvgIpc) is 2.76. The molecule has 0 aliphatic carbocycles. The second-order valence-corrected chi connectivity index (χ2v) is 7.66. The normalized spacial score (nSPS) is 13.1. The first-order valence-corrected chi connectivity index (χ1v) is 11.1. The Morgan fingerprint density at radius 3 is 1.97 bits per heavy atom. The molecule has 2 aromatic carbocycles. The van der Waals surface area contributed by atoms with E-state index in [4.69, 9.17) is 23.7 Å². The summed E-state index contributed by atoms with van der Waals surface area (Å²) in [4.78, 5) is 12.3. The van der Waals surface area contributed by atoms with Crippen LogP contribution in [0.4, 0.5) is 0 Å². The summed E-state index contributed by atoms with van der Waals surface area (Å²) in [5, 5.41) is 1.70. The summed E-state index contributed by atoms with van der Waals surface area (Å²) in [5.74, 6) is 0.832. The molecular weight excluding hydrogens is 396 g/mol. The Morgan fingerprint density at radius 2 is 1.42 bits per heavy atom. The maximum Gasteiger partial charge on any atom is 0.311 e. The highest BCUT2D eigenvalue weighted by Crippen LogP contribution is 2.46. The first-order valence-electron chi connectivity index (χ1n) is 11.1. The predicted octanol–water partition coefficient (Wildman–Crippen LogP) is 6.07. The number of methoxy groups -OCH3 is 2. The summed E-state index contributed by atoms with van der Waals surface area (Å²) in [6.07, 6.45) is 2.48. The second-order valence-electron chi connectivity index (χ2n) is 7.66. The van der Waals surface area contributed by atoms with Crippen molar-refractivity contribution in [3.8, 4) is 17.2 Å². The molecule has 0 aliphatic rings. The number of hydrogen-bond donors (Lipinski definition) is 0. The molecule has 0 aliphatic heterocycles. The predicted molar refractivity (Wildman–Crippen MR) is 122 cm³/mol. The Labute approximate surface area is 185 Å². The Bertz CT molecular complexity index is 876. The van der Waals surface area contributed by atoms with Gasteiger partial charge < -0.3 is 23.7 Å². The van der Waals surface area contributed by atoms with Crippen LogP contribution in [0.3, 0.4) is 0 Å². The van der Waals surface area contributed by atoms with Crippen LogP contribution in [0.1, 0.15) is 64.0 Å². The Kier molecular flexibility index (Phi) is 9.59. The van der Waals surface area contributed by atoms with Gasteiger partial charge in [0.25, 0.3) is 0 Å². The molecule has 0 N–H and O–H groups in total. The summed E-state index contributed by atoms with van der Waals surface area (Å²) < 4.78 is 29.3. The highest BCUT2D eigenvalue weighted by molar-refractivity contribution is 5.96. The topological polar surface area (TPSA) is 63.2 Å². The van der Waals surface area contributed by atoms with Crippen molar-refractivity contribution in [2.24, 2.45) is 0 Å². The Morgan fingerprint density at radius 1 is 0.839 bits per heavy atom. The van der Waals surface area contributed by atoms with E-state index in [0.717, 1.165) is 34.7 Å². The SMILES string of the molecule is CCC[C@@H](OC)Oc1cc2cc(C)c(C)cc2c(OC(=O)CC)c1O[C@@H](CCC)OC. The molecule has 2 rings (SSSR count). The molecule has 172 valence electrons. The average molecular weight is 433 g/mol. The maximum absolute atomic E-state index is 12.3. The van der Waals surface area contributed by atoms with Crippen molar-refractivity contribution in [2.45, 2.75) is 79.3 Å². The zero-order valence-corrected chi connectivity index (χ0v) is 19.9. The molecular formula is C25H36O6. The van der Waals surface area contributed by atoms with Crippen molar-refractivity contribution in [3.63, 3.8) is 0 Å². The molecule has 31 heavy (non-hydrogen) atoms. The molecule has 0 spiro atoms. The zero-order valence-electron chi connectivity index (χ0n) is 19.9. The minimum absolute atomic E-state index is 0.246. The second kappa shape index (κ2) is 11.9. The summed E-state index contributed by atoms with van der Waals surface area (Å²) in [6, 6.07) is 5.99. The van der Waals surface area contributed by atoms with E-state index in [1.54, 1.807) is 21.1 Å². The van der Waals surface area contributed by atoms with Crippen LogP contribution in [0, 0.1) is 13.8 Å². The van der Waals surface area contributed by atoms with Crippen molar-refractivity contribution in [1.82, 2.24) is 0 Å². The monoisotopic (exact) mass is 432 g/mol. The number of carbonyl (C=O) groups excluding carboxylic acids is 1. The van der Waals surface area contributed by atoms with E-state index in [2.05, 4.69) is 26.8 Å². The van der Waals surface area contributed by atoms with Gasteiger partial charge in [0.1, 0.15) is 0 Å². The minimum Gasteiger partial charge on any atom is -0.461 e. The van der Waals surface area contributed by atoms with Gasteiger partial charge in [0.05, 0.1) is 0 Å². The molecule has 0 heterocycles. The van der Waals surface area contributed by atoms with Gasteiger partial charge in [-0.3, -0.25) is 4.79 Å². The lowest BCUT2D eigenvalue weighted by molar-refractivity contribution is -0.134. The number of carbonyl (C=O) groups is 1. The number of esters is 1. The molecule has 2 atom stereocenters. The fourth-order valence-corrected chi connectivity index (χ4v) is 3.28. The van der Waals surface area contributed by atoms with E-state index < -0.39 is 12.6 Å². The lowest BCUT2D eigenvalue weighted by Crippen LogP contribution is -2.22. The summed E-state index contributed by atoms with van der Waals surface area (Å²) in [7, 11) is 3.21. The number of benzene rings is 2. The van der Waals surface area contributed by atoms with Crippen LogP contribution in [0.5, 0.6) is 17.2 Å². The van der Waals surface area contributed by atoms with Crippen molar-refractivity contribution in [1.29, 1.82) is 0 Å². The lowest BCUT2D eigenvalue weighted by Gasteiger charge is -2.25. The highest BCUT2D eigenvalue weighted by atomic mass is 16.7. The van der Waals surface area contributed by atoms with Crippen molar-refractivity contribution in [2.75, 3.05) is 14.2 Å². The standard InChI is InChI=1S/C25H36O6/c1-8-11-22(27-6)29-20-15-18-13-16(4)17(5)14-19(18)24(30-21(26)10-3)25(20)31-23(28-7)12-9-2/h13-15,22-23H,8-12H2,1-7H3/t22-,23-/m0/s1. The fraction of sp³-hybridized carbons (Fsp3) is 0.560. The van der Waals surface area contributed by atoms with Crippen LogP contribution >= 0.6 is 0 Å². The Balaban J connectivity index is 2.74. The summed E-state index contributed by atoms with van der Waals surface area (Å²) in [5.41, 5.74) is 2.23. The Hall–Kier alpha value is -2.31. The lowest BCUT2D eigenvalue weighted by atomic mass is 10.0. The van der Waals surface area contributed by atoms with E-state index in [-0.39, 0.29) is 12.4 Å². The van der Waals surface area contributed by atoms with Crippen LogP contribution in [0.15, 0.2) is 18.2 Å². The smallest absolute Gasteiger partial charge is 0.311 e. The van der Waals surface area contributed by atoms with Gasteiger partial charge in [-0.15, -0.1) is 0 Å². The third kappa shape index (κ3) is 6.34. The van der Waals surface area contributed by atoms with E-state index >= 15 is 0 Å². The van der Waals surface area contributed by atoms with Crippen LogP contribution in [0.2, 0.25) is 0 Å². The van der Waals surface area contributed by atoms with E-state index in [1.165, 1.54) is 0 Å². The molecule has 6 nitrogen and oxygen atoms in total. The van der Waals surface area contributed by atoms with Crippen molar-refractivity contribution >= 4 is 16.7 Å². The van der Waals surface area contributed by atoms with Crippen LogP contribution in [-0.4, -0.2) is 32.8 Å². The molecule has 0 fully saturated rings. The number of aryl methyl sites for hydroxylation is 2. The van der Waals surface area contributed by atoms with E-state index in [0.29, 0.717) is 30.1 Å². The maximum atomic E-state index is 12.3. The van der Waals surface area contributed by atoms with Gasteiger partial charge in [-0.05, 0) is 42.5 Å². The molecule has 0 aromatic heterocycles. The third-order valence-corrected chi connectivity index (χ3v) is 5.21. The molecule has 6 heteroatoms. The first-order chi connectivity index (χ1) is 14.9. The van der Waals surface area contributed by atoms with Crippen molar-refractivity contribution in [3.05, 3.63) is 29.3 Å². The molecule has 0 amide bonds. The van der Waals surface area contributed by atoms with Crippen LogP contribution in [-0.2, 0) is 14.3 Å². The number of rotatable bonds is 12. The van der Waals surface area contributed by atoms with Crippen LogP contribution < -0.4 is 14.2 Å². The van der Waals surface area contributed by atoms with Crippen molar-refractivity contribution < 1.29 is 28.5 Å². The minimum atomic E-state index is -0.498. The summed E-state index contributed by atoms with van der Waals surface area (Å²) in [6.45, 7) is 9.96. The highest BCUT2D eigenvalue weighted by Gasteiger charge is 2.25. The van der Waals surface area contributed by atoms with Gasteiger partial charge >= 0.3 is 5.97 Å². The van der Waals surface area contributed by atoms with E-state index in [1.807, 2.05) is 19.1 Å². The van der Waals surface area contributed by atoms with E-state index in [9.17, 15) is 4.79 Å². The van der Waals surface area contributed by atoms with Gasteiger partial charge in [0.15, 0.2) is 24.1 Å². The molecule has 0 bridgehead atoms. The zero-order chi connectivity index (χ0) is 23.0. The largest absolute Gasteiger partial charge is 0.461 e. The molecule has 0 radical (unpaired) electrons. The summed E-state index contributed by atoms with van der Waals surface area (Å²) >= 11 is 0.